The SMILES string of the molecule is COc1ccc(Cl)cc1C(=O)Nc1ccccc1N1CCC(C)CC1. The molecule has 5 heteroatoms. The Bertz CT molecular complexity index is 755. The number of piperidine rings is 1. The summed E-state index contributed by atoms with van der Waals surface area (Å²) in [7, 11) is 1.54. The summed E-state index contributed by atoms with van der Waals surface area (Å²) >= 11 is 6.04. The molecule has 0 unspecified atom stereocenters. The standard InChI is InChI=1S/C20H23ClN2O2/c1-14-9-11-23(12-10-14)18-6-4-3-5-17(18)22-20(24)16-13-15(21)7-8-19(16)25-2/h3-8,13-14H,9-12H2,1-2H3,(H,22,24). The van der Waals surface area contributed by atoms with Gasteiger partial charge in [-0.15, -0.1) is 0 Å². The van der Waals surface area contributed by atoms with Crippen LogP contribution in [-0.4, -0.2) is 26.1 Å². The number of benzene rings is 2. The van der Waals surface area contributed by atoms with Crippen molar-refractivity contribution in [3.63, 3.8) is 0 Å². The summed E-state index contributed by atoms with van der Waals surface area (Å²) in [5, 5.41) is 3.52. The highest BCUT2D eigenvalue weighted by molar-refractivity contribution is 6.31. The van der Waals surface area contributed by atoms with E-state index in [1.54, 1.807) is 25.3 Å². The predicted octanol–water partition coefficient (Wildman–Crippen LogP) is 4.84. The molecule has 2 aromatic carbocycles. The normalized spacial score (nSPS) is 15.1. The van der Waals surface area contributed by atoms with Crippen LogP contribution < -0.4 is 15.0 Å². The molecule has 1 fully saturated rings. The van der Waals surface area contributed by atoms with Crippen molar-refractivity contribution in [1.82, 2.24) is 0 Å². The van der Waals surface area contributed by atoms with Gasteiger partial charge in [0.15, 0.2) is 0 Å². The van der Waals surface area contributed by atoms with Crippen molar-refractivity contribution in [2.45, 2.75) is 19.8 Å². The highest BCUT2D eigenvalue weighted by Crippen LogP contribution is 2.31. The van der Waals surface area contributed by atoms with Crippen LogP contribution in [0.25, 0.3) is 0 Å². The van der Waals surface area contributed by atoms with Gasteiger partial charge in [0.2, 0.25) is 0 Å². The number of hydrogen-bond acceptors (Lipinski definition) is 3. The van der Waals surface area contributed by atoms with Crippen LogP contribution in [0, 0.1) is 5.92 Å². The summed E-state index contributed by atoms with van der Waals surface area (Å²) in [5.41, 5.74) is 2.30. The number of nitrogens with one attached hydrogen (secondary N) is 1. The Morgan fingerprint density at radius 1 is 1.20 bits per heavy atom. The summed E-state index contributed by atoms with van der Waals surface area (Å²) in [4.78, 5) is 15.1. The summed E-state index contributed by atoms with van der Waals surface area (Å²) in [6.07, 6.45) is 2.34. The topological polar surface area (TPSA) is 41.6 Å². The number of ether oxygens (including phenoxy) is 1. The smallest absolute Gasteiger partial charge is 0.259 e. The van der Waals surface area contributed by atoms with E-state index in [2.05, 4.69) is 23.2 Å². The molecule has 0 bridgehead atoms. The Hall–Kier alpha value is -2.20. The first kappa shape index (κ1) is 17.6. The summed E-state index contributed by atoms with van der Waals surface area (Å²) in [6.45, 7) is 4.31. The molecule has 0 radical (unpaired) electrons. The van der Waals surface area contributed by atoms with Crippen LogP contribution in [0.3, 0.4) is 0 Å². The van der Waals surface area contributed by atoms with Gasteiger partial charge in [-0.1, -0.05) is 30.7 Å². The molecule has 0 spiro atoms. The Labute approximate surface area is 153 Å². The van der Waals surface area contributed by atoms with E-state index in [1.165, 1.54) is 12.8 Å². The number of hydrogen-bond donors (Lipinski definition) is 1. The van der Waals surface area contributed by atoms with E-state index in [9.17, 15) is 4.79 Å². The average Bonchev–Trinajstić information content (AvgIpc) is 2.63. The van der Waals surface area contributed by atoms with Gasteiger partial charge in [-0.25, -0.2) is 0 Å². The Balaban J connectivity index is 1.84. The number of methoxy groups -OCH3 is 1. The molecule has 0 aliphatic carbocycles. The molecule has 0 saturated carbocycles. The third-order valence-corrected chi connectivity index (χ3v) is 4.92. The van der Waals surface area contributed by atoms with Crippen molar-refractivity contribution >= 4 is 28.9 Å². The molecule has 0 aromatic heterocycles. The van der Waals surface area contributed by atoms with Crippen LogP contribution in [-0.2, 0) is 0 Å². The number of halogens is 1. The van der Waals surface area contributed by atoms with Gasteiger partial charge < -0.3 is 15.0 Å². The summed E-state index contributed by atoms with van der Waals surface area (Å²) < 4.78 is 5.29. The fourth-order valence-corrected chi connectivity index (χ4v) is 3.32. The van der Waals surface area contributed by atoms with Crippen molar-refractivity contribution in [2.24, 2.45) is 5.92 Å². The minimum atomic E-state index is -0.225. The molecule has 1 N–H and O–H groups in total. The van der Waals surface area contributed by atoms with Crippen molar-refractivity contribution in [3.05, 3.63) is 53.1 Å². The fourth-order valence-electron chi connectivity index (χ4n) is 3.15. The quantitative estimate of drug-likeness (QED) is 0.850. The van der Waals surface area contributed by atoms with Gasteiger partial charge in [-0.2, -0.15) is 0 Å². The van der Waals surface area contributed by atoms with Gasteiger partial charge in [0, 0.05) is 18.1 Å². The molecule has 2 aromatic rings. The summed E-state index contributed by atoms with van der Waals surface area (Å²) in [6, 6.07) is 13.0. The van der Waals surface area contributed by atoms with Gasteiger partial charge in [0.05, 0.1) is 24.0 Å². The molecule has 1 saturated heterocycles. The second-order valence-electron chi connectivity index (χ2n) is 6.49. The van der Waals surface area contributed by atoms with E-state index in [0.29, 0.717) is 16.3 Å². The number of anilines is 2. The maximum Gasteiger partial charge on any atom is 0.259 e. The molecule has 132 valence electrons. The first-order valence-corrected chi connectivity index (χ1v) is 8.95. The lowest BCUT2D eigenvalue weighted by Crippen LogP contribution is -2.33. The van der Waals surface area contributed by atoms with Crippen molar-refractivity contribution in [3.8, 4) is 5.75 Å². The van der Waals surface area contributed by atoms with Crippen LogP contribution in [0.2, 0.25) is 5.02 Å². The van der Waals surface area contributed by atoms with Gasteiger partial charge in [0.25, 0.3) is 5.91 Å². The van der Waals surface area contributed by atoms with Crippen molar-refractivity contribution in [2.75, 3.05) is 30.4 Å². The Kier molecular flexibility index (Phi) is 5.49. The van der Waals surface area contributed by atoms with Crippen molar-refractivity contribution < 1.29 is 9.53 Å². The third-order valence-electron chi connectivity index (χ3n) is 4.68. The van der Waals surface area contributed by atoms with Gasteiger partial charge in [-0.05, 0) is 49.1 Å². The van der Waals surface area contributed by atoms with Crippen molar-refractivity contribution in [1.29, 1.82) is 0 Å². The lowest BCUT2D eigenvalue weighted by atomic mass is 9.98. The monoisotopic (exact) mass is 358 g/mol. The number of amides is 1. The van der Waals surface area contributed by atoms with Crippen LogP contribution in [0.1, 0.15) is 30.1 Å². The molecule has 1 amide bonds. The molecule has 0 atom stereocenters. The number of para-hydroxylation sites is 2. The predicted molar refractivity (Wildman–Crippen MR) is 103 cm³/mol. The average molecular weight is 359 g/mol. The van der Waals surface area contributed by atoms with E-state index < -0.39 is 0 Å². The van der Waals surface area contributed by atoms with E-state index in [0.717, 1.165) is 30.4 Å². The molecule has 1 aliphatic heterocycles. The molecule has 4 nitrogen and oxygen atoms in total. The number of rotatable bonds is 4. The highest BCUT2D eigenvalue weighted by atomic mass is 35.5. The van der Waals surface area contributed by atoms with Crippen LogP contribution in [0.4, 0.5) is 11.4 Å². The summed E-state index contributed by atoms with van der Waals surface area (Å²) in [5.74, 6) is 1.04. The zero-order chi connectivity index (χ0) is 17.8. The zero-order valence-corrected chi connectivity index (χ0v) is 15.3. The number of carbonyl (C=O) groups excluding carboxylic acids is 1. The Morgan fingerprint density at radius 3 is 2.64 bits per heavy atom. The maximum atomic E-state index is 12.8. The molecule has 1 aliphatic rings. The molecule has 25 heavy (non-hydrogen) atoms. The van der Waals surface area contributed by atoms with Crippen LogP contribution >= 0.6 is 11.6 Å². The minimum absolute atomic E-state index is 0.225. The molecular formula is C20H23ClN2O2. The largest absolute Gasteiger partial charge is 0.496 e. The minimum Gasteiger partial charge on any atom is -0.496 e. The molecule has 3 rings (SSSR count). The third kappa shape index (κ3) is 4.07. The fraction of sp³-hybridized carbons (Fsp3) is 0.350. The molecular weight excluding hydrogens is 336 g/mol. The van der Waals surface area contributed by atoms with Crippen LogP contribution in [0.15, 0.2) is 42.5 Å². The highest BCUT2D eigenvalue weighted by Gasteiger charge is 2.20. The second kappa shape index (κ2) is 7.79. The van der Waals surface area contributed by atoms with E-state index in [-0.39, 0.29) is 5.91 Å². The van der Waals surface area contributed by atoms with Crippen LogP contribution in [0.5, 0.6) is 5.75 Å². The van der Waals surface area contributed by atoms with Gasteiger partial charge >= 0.3 is 0 Å². The first-order chi connectivity index (χ1) is 12.1. The zero-order valence-electron chi connectivity index (χ0n) is 14.6. The molecule has 1 heterocycles. The lowest BCUT2D eigenvalue weighted by molar-refractivity contribution is 0.102. The van der Waals surface area contributed by atoms with E-state index in [1.807, 2.05) is 18.2 Å². The van der Waals surface area contributed by atoms with Gasteiger partial charge in [-0.3, -0.25) is 4.79 Å². The van der Waals surface area contributed by atoms with E-state index >= 15 is 0 Å². The number of nitrogens with zero attached hydrogens (tertiary/aromatic N) is 1. The lowest BCUT2D eigenvalue weighted by Gasteiger charge is -2.33. The first-order valence-electron chi connectivity index (χ1n) is 8.57. The second-order valence-corrected chi connectivity index (χ2v) is 6.92. The number of carbonyl (C=O) groups is 1. The Morgan fingerprint density at radius 2 is 1.92 bits per heavy atom. The van der Waals surface area contributed by atoms with Gasteiger partial charge in [0.1, 0.15) is 5.75 Å². The maximum absolute atomic E-state index is 12.8. The van der Waals surface area contributed by atoms with E-state index in [4.69, 9.17) is 16.3 Å².